The van der Waals surface area contributed by atoms with Gasteiger partial charge in [-0.2, -0.15) is 0 Å². The minimum absolute atomic E-state index is 0.352. The lowest BCUT2D eigenvalue weighted by molar-refractivity contribution is -0.158. The van der Waals surface area contributed by atoms with Crippen molar-refractivity contribution in [1.82, 2.24) is 0 Å². The van der Waals surface area contributed by atoms with Crippen LogP contribution in [0, 0.1) is 0 Å². The van der Waals surface area contributed by atoms with Crippen LogP contribution in [0.5, 0.6) is 0 Å². The van der Waals surface area contributed by atoms with Crippen LogP contribution >= 0.6 is 0 Å². The zero-order chi connectivity index (χ0) is 20.7. The van der Waals surface area contributed by atoms with Gasteiger partial charge in [0.15, 0.2) is 0 Å². The molecule has 0 bridgehead atoms. The molecular weight excluding hydrogens is 351 g/mol. The van der Waals surface area contributed by atoms with Crippen molar-refractivity contribution in [2.75, 3.05) is 0 Å². The average molecular weight is 401 g/mol. The Hall–Kier alpha value is -0.600. The molecule has 28 heavy (non-hydrogen) atoms. The highest BCUT2D eigenvalue weighted by Gasteiger charge is 2.11. The third kappa shape index (κ3) is 21.7. The molecule has 2 nitrogen and oxygen atoms in total. The van der Waals surface area contributed by atoms with E-state index in [9.17, 15) is 9.18 Å². The van der Waals surface area contributed by atoms with Gasteiger partial charge in [0.05, 0.1) is 0 Å². The van der Waals surface area contributed by atoms with Crippen LogP contribution in [-0.2, 0) is 9.53 Å². The molecule has 0 aliphatic rings. The number of halogens is 1. The SMILES string of the molecule is CCCCCCCCCCCCCCCCCC(=O)OC(F)CCCCCC. The third-order valence-corrected chi connectivity index (χ3v) is 5.53. The Labute approximate surface area is 175 Å². The lowest BCUT2D eigenvalue weighted by atomic mass is 10.0. The lowest BCUT2D eigenvalue weighted by Crippen LogP contribution is -2.13. The second-order valence-electron chi connectivity index (χ2n) is 8.45. The molecule has 0 spiro atoms. The molecule has 0 aromatic heterocycles. The zero-order valence-corrected chi connectivity index (χ0v) is 19.1. The largest absolute Gasteiger partial charge is 0.431 e. The van der Waals surface area contributed by atoms with Gasteiger partial charge in [0, 0.05) is 12.8 Å². The number of unbranched alkanes of at least 4 members (excludes halogenated alkanes) is 17. The molecule has 0 saturated heterocycles. The van der Waals surface area contributed by atoms with Gasteiger partial charge in [-0.25, -0.2) is 4.39 Å². The summed E-state index contributed by atoms with van der Waals surface area (Å²) in [4.78, 5) is 11.6. The number of hydrogen-bond donors (Lipinski definition) is 0. The molecule has 0 aromatic carbocycles. The molecule has 168 valence electrons. The predicted molar refractivity (Wildman–Crippen MR) is 119 cm³/mol. The summed E-state index contributed by atoms with van der Waals surface area (Å²) in [6.07, 6.45) is 23.0. The van der Waals surface area contributed by atoms with E-state index in [0.717, 1.165) is 38.5 Å². The van der Waals surface area contributed by atoms with Crippen molar-refractivity contribution in [2.24, 2.45) is 0 Å². The summed E-state index contributed by atoms with van der Waals surface area (Å²) in [5.74, 6) is -0.363. The van der Waals surface area contributed by atoms with Crippen LogP contribution < -0.4 is 0 Å². The van der Waals surface area contributed by atoms with Crippen molar-refractivity contribution in [3.63, 3.8) is 0 Å². The molecule has 1 unspecified atom stereocenters. The van der Waals surface area contributed by atoms with Gasteiger partial charge in [-0.15, -0.1) is 0 Å². The molecule has 0 aliphatic carbocycles. The number of esters is 1. The zero-order valence-electron chi connectivity index (χ0n) is 19.1. The second kappa shape index (κ2) is 22.7. The highest BCUT2D eigenvalue weighted by molar-refractivity contribution is 5.69. The highest BCUT2D eigenvalue weighted by atomic mass is 19.1. The van der Waals surface area contributed by atoms with Gasteiger partial charge in [-0.3, -0.25) is 4.79 Å². The van der Waals surface area contributed by atoms with E-state index < -0.39 is 6.36 Å². The normalized spacial score (nSPS) is 12.2. The molecule has 0 radical (unpaired) electrons. The molecule has 0 saturated carbocycles. The van der Waals surface area contributed by atoms with Crippen LogP contribution in [0.2, 0.25) is 0 Å². The number of carbonyl (C=O) groups is 1. The van der Waals surface area contributed by atoms with Crippen LogP contribution in [0.3, 0.4) is 0 Å². The van der Waals surface area contributed by atoms with Gasteiger partial charge < -0.3 is 4.74 Å². The smallest absolute Gasteiger partial charge is 0.308 e. The van der Waals surface area contributed by atoms with E-state index in [1.54, 1.807) is 0 Å². The quantitative estimate of drug-likeness (QED) is 0.134. The molecular formula is C25H49FO2. The van der Waals surface area contributed by atoms with Crippen LogP contribution in [0.1, 0.15) is 149 Å². The summed E-state index contributed by atoms with van der Waals surface area (Å²) in [6, 6.07) is 0. The van der Waals surface area contributed by atoms with Gasteiger partial charge in [-0.1, -0.05) is 123 Å². The van der Waals surface area contributed by atoms with Crippen molar-refractivity contribution < 1.29 is 13.9 Å². The van der Waals surface area contributed by atoms with Crippen molar-refractivity contribution >= 4 is 5.97 Å². The van der Waals surface area contributed by atoms with Crippen molar-refractivity contribution in [3.05, 3.63) is 0 Å². The van der Waals surface area contributed by atoms with Gasteiger partial charge in [0.2, 0.25) is 6.36 Å². The van der Waals surface area contributed by atoms with Crippen LogP contribution in [0.25, 0.3) is 0 Å². The minimum atomic E-state index is -1.40. The summed E-state index contributed by atoms with van der Waals surface area (Å²) in [6.45, 7) is 4.40. The Morgan fingerprint density at radius 3 is 1.39 bits per heavy atom. The maximum absolute atomic E-state index is 13.5. The van der Waals surface area contributed by atoms with Gasteiger partial charge in [0.1, 0.15) is 0 Å². The van der Waals surface area contributed by atoms with Crippen molar-refractivity contribution in [2.45, 2.75) is 155 Å². The van der Waals surface area contributed by atoms with E-state index in [1.165, 1.54) is 83.5 Å². The first-order chi connectivity index (χ1) is 13.7. The summed E-state index contributed by atoms with van der Waals surface area (Å²) in [7, 11) is 0. The fourth-order valence-electron chi connectivity index (χ4n) is 3.63. The number of rotatable bonds is 22. The fourth-order valence-corrected chi connectivity index (χ4v) is 3.63. The Morgan fingerprint density at radius 2 is 0.964 bits per heavy atom. The maximum atomic E-state index is 13.5. The maximum Gasteiger partial charge on any atom is 0.308 e. The van der Waals surface area contributed by atoms with Crippen LogP contribution in [0.15, 0.2) is 0 Å². The standard InChI is InChI=1S/C25H49FO2/c1-3-5-7-9-10-11-12-13-14-15-16-17-18-19-21-23-25(27)28-24(26)22-20-8-6-4-2/h24H,3-23H2,1-2H3. The lowest BCUT2D eigenvalue weighted by Gasteiger charge is -2.09. The van der Waals surface area contributed by atoms with Gasteiger partial charge in [-0.05, 0) is 12.8 Å². The topological polar surface area (TPSA) is 26.3 Å². The van der Waals surface area contributed by atoms with Crippen LogP contribution in [-0.4, -0.2) is 12.3 Å². The van der Waals surface area contributed by atoms with E-state index in [1.807, 2.05) is 0 Å². The summed E-state index contributed by atoms with van der Waals surface area (Å²) in [5, 5.41) is 0. The second-order valence-corrected chi connectivity index (χ2v) is 8.45. The van der Waals surface area contributed by atoms with Gasteiger partial charge in [0.25, 0.3) is 0 Å². The molecule has 0 aliphatic heterocycles. The molecule has 0 fully saturated rings. The van der Waals surface area contributed by atoms with E-state index in [4.69, 9.17) is 4.74 Å². The first-order valence-corrected chi connectivity index (χ1v) is 12.5. The summed E-state index contributed by atoms with van der Waals surface area (Å²) >= 11 is 0. The molecule has 0 N–H and O–H groups in total. The number of ether oxygens (including phenoxy) is 1. The van der Waals surface area contributed by atoms with E-state index in [-0.39, 0.29) is 5.97 Å². The van der Waals surface area contributed by atoms with Crippen molar-refractivity contribution in [3.8, 4) is 0 Å². The molecule has 1 atom stereocenters. The Morgan fingerprint density at radius 1 is 0.607 bits per heavy atom. The Kier molecular flexibility index (Phi) is 22.2. The first-order valence-electron chi connectivity index (χ1n) is 12.5. The third-order valence-electron chi connectivity index (χ3n) is 5.53. The van der Waals surface area contributed by atoms with Crippen molar-refractivity contribution in [1.29, 1.82) is 0 Å². The predicted octanol–water partition coefficient (Wildman–Crippen LogP) is 9.06. The molecule has 0 aromatic rings. The molecule has 0 rings (SSSR count). The first kappa shape index (κ1) is 27.4. The average Bonchev–Trinajstić information content (AvgIpc) is 2.68. The Balaban J connectivity index is 3.22. The molecule has 0 heterocycles. The van der Waals surface area contributed by atoms with Gasteiger partial charge >= 0.3 is 5.97 Å². The van der Waals surface area contributed by atoms with Crippen LogP contribution in [0.4, 0.5) is 4.39 Å². The number of hydrogen-bond acceptors (Lipinski definition) is 2. The van der Waals surface area contributed by atoms with E-state index in [2.05, 4.69) is 13.8 Å². The molecule has 3 heteroatoms. The summed E-state index contributed by atoms with van der Waals surface area (Å²) < 4.78 is 18.4. The van der Waals surface area contributed by atoms with E-state index in [0.29, 0.717) is 12.8 Å². The monoisotopic (exact) mass is 400 g/mol. The summed E-state index contributed by atoms with van der Waals surface area (Å²) in [5.41, 5.74) is 0. The fraction of sp³-hybridized carbons (Fsp3) is 0.960. The number of alkyl halides is 1. The highest BCUT2D eigenvalue weighted by Crippen LogP contribution is 2.15. The minimum Gasteiger partial charge on any atom is -0.431 e. The Bertz CT molecular complexity index is 320. The van der Waals surface area contributed by atoms with E-state index >= 15 is 0 Å². The number of carbonyl (C=O) groups excluding carboxylic acids is 1. The molecule has 0 amide bonds.